The fraction of sp³-hybridized carbons (Fsp3) is 0.190. The summed E-state index contributed by atoms with van der Waals surface area (Å²) in [5, 5.41) is 7.97. The molecule has 0 bridgehead atoms. The number of carbonyl (C=O) groups is 4. The first kappa shape index (κ1) is 20.5. The van der Waals surface area contributed by atoms with Gasteiger partial charge in [-0.1, -0.05) is 43.3 Å². The Balaban J connectivity index is 1.89. The second-order valence-electron chi connectivity index (χ2n) is 6.17. The largest absolute Gasteiger partial charge is 0.321 e. The van der Waals surface area contributed by atoms with E-state index in [1.54, 1.807) is 67.6 Å². The third-order valence-corrected chi connectivity index (χ3v) is 5.26. The van der Waals surface area contributed by atoms with Gasteiger partial charge < -0.3 is 5.32 Å². The lowest BCUT2D eigenvalue weighted by Crippen LogP contribution is -2.50. The van der Waals surface area contributed by atoms with Crippen LogP contribution in [-0.4, -0.2) is 45.4 Å². The van der Waals surface area contributed by atoms with E-state index in [0.717, 1.165) is 16.8 Å². The van der Waals surface area contributed by atoms with E-state index in [2.05, 4.69) is 10.4 Å². The van der Waals surface area contributed by atoms with Gasteiger partial charge in [-0.15, -0.1) is 11.8 Å². The molecule has 1 aliphatic heterocycles. The van der Waals surface area contributed by atoms with E-state index in [-0.39, 0.29) is 23.8 Å². The molecule has 0 fully saturated rings. The summed E-state index contributed by atoms with van der Waals surface area (Å²) in [6.45, 7) is 1.59. The first-order valence-electron chi connectivity index (χ1n) is 9.02. The zero-order chi connectivity index (χ0) is 20.8. The van der Waals surface area contributed by atoms with Crippen molar-refractivity contribution < 1.29 is 19.2 Å². The van der Waals surface area contributed by atoms with Gasteiger partial charge in [-0.3, -0.25) is 19.2 Å². The number of rotatable bonds is 6. The monoisotopic (exact) mass is 409 g/mol. The van der Waals surface area contributed by atoms with Crippen molar-refractivity contribution in [2.45, 2.75) is 18.8 Å². The molecular formula is C21H19N3O4S. The Morgan fingerprint density at radius 3 is 2.17 bits per heavy atom. The molecule has 0 saturated heterocycles. The Morgan fingerprint density at radius 2 is 1.59 bits per heavy atom. The predicted octanol–water partition coefficient (Wildman–Crippen LogP) is 2.49. The zero-order valence-electron chi connectivity index (χ0n) is 15.7. The molecule has 1 aliphatic rings. The van der Waals surface area contributed by atoms with Crippen molar-refractivity contribution in [1.82, 2.24) is 10.3 Å². The van der Waals surface area contributed by atoms with E-state index in [9.17, 15) is 19.2 Å². The maximum absolute atomic E-state index is 13.0. The third-order valence-electron chi connectivity index (χ3n) is 4.18. The highest BCUT2D eigenvalue weighted by atomic mass is 32.2. The average Bonchev–Trinajstić information content (AvgIpc) is 2.79. The number of hydrogen-bond acceptors (Lipinski definition) is 6. The SMILES string of the molecule is CCC(=O)C(=O)C1=NN(C(=O)c2ccccc2)C(NC(=O)c2ccccc2)SC1. The van der Waals surface area contributed by atoms with E-state index in [0.29, 0.717) is 11.1 Å². The summed E-state index contributed by atoms with van der Waals surface area (Å²) in [6.07, 6.45) is 0.0589. The summed E-state index contributed by atoms with van der Waals surface area (Å²) in [7, 11) is 0. The van der Waals surface area contributed by atoms with Crippen LogP contribution in [0.3, 0.4) is 0 Å². The summed E-state index contributed by atoms with van der Waals surface area (Å²) in [5.41, 5.74) is -0.0291. The predicted molar refractivity (Wildman–Crippen MR) is 111 cm³/mol. The van der Waals surface area contributed by atoms with E-state index in [1.165, 1.54) is 0 Å². The summed E-state index contributed by atoms with van der Waals surface area (Å²) in [5.74, 6) is -2.01. The molecule has 0 saturated carbocycles. The Kier molecular flexibility index (Phi) is 6.56. The second-order valence-corrected chi connectivity index (χ2v) is 7.24. The lowest BCUT2D eigenvalue weighted by Gasteiger charge is -2.31. The molecule has 0 aliphatic carbocycles. The molecule has 2 aromatic rings. The summed E-state index contributed by atoms with van der Waals surface area (Å²) in [6, 6.07) is 17.0. The normalized spacial score (nSPS) is 16.0. The number of carbonyl (C=O) groups excluding carboxylic acids is 4. The van der Waals surface area contributed by atoms with Gasteiger partial charge in [-0.2, -0.15) is 10.1 Å². The van der Waals surface area contributed by atoms with Gasteiger partial charge in [0.25, 0.3) is 11.8 Å². The molecular weight excluding hydrogens is 390 g/mol. The number of amides is 2. The van der Waals surface area contributed by atoms with Gasteiger partial charge in [0.2, 0.25) is 11.6 Å². The highest BCUT2D eigenvalue weighted by Gasteiger charge is 2.34. The molecule has 1 unspecified atom stereocenters. The third kappa shape index (κ3) is 4.78. The van der Waals surface area contributed by atoms with Crippen LogP contribution in [0.1, 0.15) is 34.1 Å². The van der Waals surface area contributed by atoms with Crippen LogP contribution >= 0.6 is 11.8 Å². The molecule has 1 N–H and O–H groups in total. The number of hydrazone groups is 1. The van der Waals surface area contributed by atoms with Gasteiger partial charge in [-0.25, -0.2) is 0 Å². The summed E-state index contributed by atoms with van der Waals surface area (Å²) < 4.78 is 0. The molecule has 29 heavy (non-hydrogen) atoms. The van der Waals surface area contributed by atoms with Gasteiger partial charge in [0.05, 0.1) is 0 Å². The first-order chi connectivity index (χ1) is 14.0. The highest BCUT2D eigenvalue weighted by Crippen LogP contribution is 2.23. The van der Waals surface area contributed by atoms with Crippen LogP contribution in [0.5, 0.6) is 0 Å². The highest BCUT2D eigenvalue weighted by molar-refractivity contribution is 8.00. The topological polar surface area (TPSA) is 95.9 Å². The van der Waals surface area contributed by atoms with Crippen LogP contribution in [0.25, 0.3) is 0 Å². The van der Waals surface area contributed by atoms with Crippen LogP contribution in [0.4, 0.5) is 0 Å². The van der Waals surface area contributed by atoms with E-state index >= 15 is 0 Å². The van der Waals surface area contributed by atoms with Crippen molar-refractivity contribution in [3.63, 3.8) is 0 Å². The molecule has 2 aromatic carbocycles. The number of benzene rings is 2. The van der Waals surface area contributed by atoms with Crippen molar-refractivity contribution in [2.24, 2.45) is 5.10 Å². The van der Waals surface area contributed by atoms with Crippen LogP contribution in [0.15, 0.2) is 65.8 Å². The lowest BCUT2D eigenvalue weighted by molar-refractivity contribution is -0.132. The Morgan fingerprint density at radius 1 is 1.00 bits per heavy atom. The number of nitrogens with zero attached hydrogens (tertiary/aromatic N) is 2. The first-order valence-corrected chi connectivity index (χ1v) is 10.1. The Bertz CT molecular complexity index is 960. The quantitative estimate of drug-likeness (QED) is 0.740. The molecule has 148 valence electrons. The minimum Gasteiger partial charge on any atom is -0.321 e. The summed E-state index contributed by atoms with van der Waals surface area (Å²) >= 11 is 1.15. The number of nitrogens with one attached hydrogen (secondary N) is 1. The Hall–Kier alpha value is -3.26. The second kappa shape index (κ2) is 9.29. The van der Waals surface area contributed by atoms with E-state index < -0.39 is 23.0 Å². The van der Waals surface area contributed by atoms with Crippen molar-refractivity contribution in [3.05, 3.63) is 71.8 Å². The van der Waals surface area contributed by atoms with Crippen molar-refractivity contribution in [2.75, 3.05) is 5.75 Å². The number of ketones is 2. The Labute approximate surface area is 172 Å². The maximum atomic E-state index is 13.0. The molecule has 2 amide bonds. The van der Waals surface area contributed by atoms with Gasteiger partial charge in [0.1, 0.15) is 5.71 Å². The van der Waals surface area contributed by atoms with Crippen molar-refractivity contribution in [3.8, 4) is 0 Å². The standard InChI is InChI=1S/C21H19N3O4S/c1-2-17(25)18(26)16-13-29-21(22-19(27)14-9-5-3-6-10-14)24(23-16)20(28)15-11-7-4-8-12-15/h3-12,21H,2,13H2,1H3,(H,22,27). The molecule has 0 aromatic heterocycles. The van der Waals surface area contributed by atoms with Gasteiger partial charge in [0, 0.05) is 23.3 Å². The fourth-order valence-corrected chi connectivity index (χ4v) is 3.60. The van der Waals surface area contributed by atoms with Gasteiger partial charge in [-0.05, 0) is 24.3 Å². The zero-order valence-corrected chi connectivity index (χ0v) is 16.5. The van der Waals surface area contributed by atoms with Crippen LogP contribution < -0.4 is 5.32 Å². The van der Waals surface area contributed by atoms with Crippen molar-refractivity contribution >= 4 is 40.9 Å². The summed E-state index contributed by atoms with van der Waals surface area (Å²) in [4.78, 5) is 49.6. The van der Waals surface area contributed by atoms with E-state index in [1.807, 2.05) is 0 Å². The molecule has 7 nitrogen and oxygen atoms in total. The number of thioether (sulfide) groups is 1. The molecule has 1 atom stereocenters. The smallest absolute Gasteiger partial charge is 0.276 e. The number of hydrogen-bond donors (Lipinski definition) is 1. The molecule has 3 rings (SSSR count). The molecule has 1 heterocycles. The van der Waals surface area contributed by atoms with Gasteiger partial charge >= 0.3 is 0 Å². The lowest BCUT2D eigenvalue weighted by atomic mass is 10.1. The average molecular weight is 409 g/mol. The molecule has 0 spiro atoms. The minimum absolute atomic E-state index is 0.00339. The minimum atomic E-state index is -0.816. The molecule has 8 heteroatoms. The van der Waals surface area contributed by atoms with E-state index in [4.69, 9.17) is 0 Å². The van der Waals surface area contributed by atoms with Crippen LogP contribution in [0.2, 0.25) is 0 Å². The maximum Gasteiger partial charge on any atom is 0.276 e. The van der Waals surface area contributed by atoms with Crippen LogP contribution in [0, 0.1) is 0 Å². The fourth-order valence-electron chi connectivity index (χ4n) is 2.62. The van der Waals surface area contributed by atoms with Crippen LogP contribution in [-0.2, 0) is 9.59 Å². The van der Waals surface area contributed by atoms with Gasteiger partial charge in [0.15, 0.2) is 5.50 Å². The number of Topliss-reactive ketones (excluding diaryl/α,β-unsaturated/α-hetero) is 2. The van der Waals surface area contributed by atoms with Crippen molar-refractivity contribution in [1.29, 1.82) is 0 Å². The molecule has 0 radical (unpaired) electrons.